The molecule has 39 heavy (non-hydrogen) atoms. The van der Waals surface area contributed by atoms with Crippen molar-refractivity contribution in [3.63, 3.8) is 0 Å². The third-order valence-electron chi connectivity index (χ3n) is 7.77. The van der Waals surface area contributed by atoms with Crippen LogP contribution in [-0.4, -0.2) is 24.1 Å². The zero-order chi connectivity index (χ0) is 25.5. The maximum Gasteiger partial charge on any atom is 0.237 e. The van der Waals surface area contributed by atoms with Crippen molar-refractivity contribution in [2.24, 2.45) is 0 Å². The summed E-state index contributed by atoms with van der Waals surface area (Å²) >= 11 is 1.85. The molecule has 0 radical (unpaired) electrons. The first-order valence-electron chi connectivity index (χ1n) is 12.9. The van der Waals surface area contributed by atoms with Crippen LogP contribution in [0.3, 0.4) is 0 Å². The van der Waals surface area contributed by atoms with Gasteiger partial charge in [0.15, 0.2) is 0 Å². The van der Waals surface area contributed by atoms with E-state index in [2.05, 4.69) is 127 Å². The van der Waals surface area contributed by atoms with Gasteiger partial charge < -0.3 is 4.57 Å². The molecular weight excluding hydrogens is 498 g/mol. The molecule has 5 nitrogen and oxygen atoms in total. The number of benzene rings is 5. The fraction of sp³-hybridized carbons (Fsp3) is 0. The first kappa shape index (κ1) is 20.9. The average Bonchev–Trinajstić information content (AvgIpc) is 3.63. The fourth-order valence-corrected chi connectivity index (χ4v) is 7.27. The van der Waals surface area contributed by atoms with Gasteiger partial charge in [-0.15, -0.1) is 11.3 Å². The molecular formula is C33H19N5S. The molecule has 0 unspecified atom stereocenters. The minimum Gasteiger partial charge on any atom is -0.309 e. The van der Waals surface area contributed by atoms with Crippen molar-refractivity contribution in [1.29, 1.82) is 0 Å². The lowest BCUT2D eigenvalue weighted by Gasteiger charge is -2.09. The van der Waals surface area contributed by atoms with Gasteiger partial charge >= 0.3 is 0 Å². The van der Waals surface area contributed by atoms with Crippen LogP contribution in [0, 0.1) is 0 Å². The average molecular weight is 518 g/mol. The highest BCUT2D eigenvalue weighted by Gasteiger charge is 2.19. The van der Waals surface area contributed by atoms with Crippen LogP contribution < -0.4 is 0 Å². The van der Waals surface area contributed by atoms with E-state index in [1.165, 1.54) is 58.4 Å². The van der Waals surface area contributed by atoms with Crippen LogP contribution in [0.2, 0.25) is 0 Å². The Balaban J connectivity index is 1.41. The first-order chi connectivity index (χ1) is 19.3. The number of fused-ring (bicyclic) bond motifs is 9. The number of rotatable bonds is 2. The molecule has 0 aliphatic heterocycles. The van der Waals surface area contributed by atoms with Crippen LogP contribution in [0.15, 0.2) is 116 Å². The lowest BCUT2D eigenvalue weighted by molar-refractivity contribution is 0.940. The first-order valence-corrected chi connectivity index (χ1v) is 13.7. The minimum absolute atomic E-state index is 0.620. The van der Waals surface area contributed by atoms with Crippen molar-refractivity contribution < 1.29 is 0 Å². The highest BCUT2D eigenvalue weighted by Crippen LogP contribution is 2.40. The Morgan fingerprint density at radius 3 is 1.79 bits per heavy atom. The van der Waals surface area contributed by atoms with Crippen LogP contribution in [0.4, 0.5) is 0 Å². The van der Waals surface area contributed by atoms with E-state index < -0.39 is 0 Å². The summed E-state index contributed by atoms with van der Waals surface area (Å²) in [5.74, 6) is 0.620. The summed E-state index contributed by atoms with van der Waals surface area (Å²) in [6.07, 6.45) is 3.11. The molecule has 4 aromatic heterocycles. The zero-order valence-electron chi connectivity index (χ0n) is 20.6. The summed E-state index contributed by atoms with van der Waals surface area (Å²) < 4.78 is 7.16. The molecule has 4 heterocycles. The third kappa shape index (κ3) is 2.86. The van der Waals surface area contributed by atoms with Gasteiger partial charge in [0.25, 0.3) is 0 Å². The third-order valence-corrected chi connectivity index (χ3v) is 8.90. The second kappa shape index (κ2) is 7.72. The van der Waals surface area contributed by atoms with Crippen LogP contribution in [0.1, 0.15) is 0 Å². The van der Waals surface area contributed by atoms with E-state index in [1.807, 2.05) is 11.3 Å². The number of hydrogen-bond donors (Lipinski definition) is 0. The van der Waals surface area contributed by atoms with Gasteiger partial charge in [-0.05, 0) is 42.5 Å². The second-order valence-electron chi connectivity index (χ2n) is 9.81. The molecule has 0 N–H and O–H groups in total. The van der Waals surface area contributed by atoms with Gasteiger partial charge in [0.05, 0.1) is 22.1 Å². The number of aromatic nitrogens is 5. The summed E-state index contributed by atoms with van der Waals surface area (Å²) in [6, 6.07) is 37.3. The summed E-state index contributed by atoms with van der Waals surface area (Å²) in [6.45, 7) is 0. The maximum absolute atomic E-state index is 4.50. The Hall–Kier alpha value is -5.07. The van der Waals surface area contributed by atoms with Crippen molar-refractivity contribution in [3.05, 3.63) is 116 Å². The van der Waals surface area contributed by atoms with Gasteiger partial charge in [0.2, 0.25) is 5.95 Å². The van der Waals surface area contributed by atoms with Crippen LogP contribution >= 0.6 is 11.3 Å². The molecule has 0 saturated heterocycles. The maximum atomic E-state index is 4.50. The van der Waals surface area contributed by atoms with Crippen molar-refractivity contribution >= 4 is 75.1 Å². The Morgan fingerprint density at radius 1 is 0.462 bits per heavy atom. The molecule has 6 heteroatoms. The number of hydrogen-bond acceptors (Lipinski definition) is 4. The Kier molecular flexibility index (Phi) is 4.14. The van der Waals surface area contributed by atoms with Gasteiger partial charge in [-0.25, -0.2) is 15.0 Å². The highest BCUT2D eigenvalue weighted by molar-refractivity contribution is 7.25. The molecule has 9 rings (SSSR count). The molecule has 0 fully saturated rings. The van der Waals surface area contributed by atoms with Gasteiger partial charge in [-0.1, -0.05) is 60.7 Å². The molecule has 182 valence electrons. The van der Waals surface area contributed by atoms with Crippen LogP contribution in [0.5, 0.6) is 0 Å². The van der Waals surface area contributed by atoms with Gasteiger partial charge in [0.1, 0.15) is 12.7 Å². The Labute approximate surface area is 226 Å². The van der Waals surface area contributed by atoms with E-state index in [-0.39, 0.29) is 0 Å². The number of para-hydroxylation sites is 2. The van der Waals surface area contributed by atoms with Crippen molar-refractivity contribution in [2.75, 3.05) is 0 Å². The molecule has 0 spiro atoms. The Bertz CT molecular complexity index is 2400. The van der Waals surface area contributed by atoms with E-state index in [1.54, 1.807) is 12.7 Å². The van der Waals surface area contributed by atoms with Gasteiger partial charge in [0, 0.05) is 47.4 Å². The lowest BCUT2D eigenvalue weighted by atomic mass is 10.1. The monoisotopic (exact) mass is 517 g/mol. The largest absolute Gasteiger partial charge is 0.309 e. The van der Waals surface area contributed by atoms with Gasteiger partial charge in [-0.2, -0.15) is 0 Å². The van der Waals surface area contributed by atoms with Crippen molar-refractivity contribution in [3.8, 4) is 11.6 Å². The van der Waals surface area contributed by atoms with E-state index >= 15 is 0 Å². The molecule has 0 bridgehead atoms. The van der Waals surface area contributed by atoms with E-state index in [0.29, 0.717) is 5.95 Å². The molecule has 0 atom stereocenters. The lowest BCUT2D eigenvalue weighted by Crippen LogP contribution is -2.00. The SMILES string of the molecule is c1ccc2c(c1)sc1cc(-n3c4ccccc4c4cc5c(cc43)c3ccccc3n5-c3ncncn3)ccc12. The molecule has 0 saturated carbocycles. The zero-order valence-corrected chi connectivity index (χ0v) is 21.4. The van der Waals surface area contributed by atoms with Crippen molar-refractivity contribution in [2.45, 2.75) is 0 Å². The smallest absolute Gasteiger partial charge is 0.237 e. The Morgan fingerprint density at radius 2 is 1.05 bits per heavy atom. The molecule has 9 aromatic rings. The summed E-state index contributed by atoms with van der Waals surface area (Å²) in [5.41, 5.74) is 5.70. The fourth-order valence-electron chi connectivity index (χ4n) is 6.13. The summed E-state index contributed by atoms with van der Waals surface area (Å²) in [5, 5.41) is 7.39. The standard InChI is InChI=1S/C33H19N5S/c1-4-10-27-21(7-1)25-17-30-26(22-8-2-5-11-28(22)38(30)33-35-18-34-19-36-33)16-29(25)37(27)20-13-14-24-23-9-3-6-12-31(23)39-32(24)15-20/h1-19H. The quantitative estimate of drug-likeness (QED) is 0.231. The predicted molar refractivity (Wildman–Crippen MR) is 161 cm³/mol. The van der Waals surface area contributed by atoms with Gasteiger partial charge in [-0.3, -0.25) is 4.57 Å². The number of thiophene rings is 1. The predicted octanol–water partition coefficient (Wildman–Crippen LogP) is 8.43. The highest BCUT2D eigenvalue weighted by atomic mass is 32.1. The number of nitrogens with zero attached hydrogens (tertiary/aromatic N) is 5. The summed E-state index contributed by atoms with van der Waals surface area (Å²) in [7, 11) is 0. The minimum atomic E-state index is 0.620. The molecule has 5 aromatic carbocycles. The second-order valence-corrected chi connectivity index (χ2v) is 10.9. The van der Waals surface area contributed by atoms with Crippen molar-refractivity contribution in [1.82, 2.24) is 24.1 Å². The van der Waals surface area contributed by atoms with Crippen LogP contribution in [-0.2, 0) is 0 Å². The topological polar surface area (TPSA) is 48.5 Å². The normalized spacial score (nSPS) is 12.1. The molecule has 0 aliphatic carbocycles. The van der Waals surface area contributed by atoms with E-state index in [0.717, 1.165) is 11.0 Å². The summed E-state index contributed by atoms with van der Waals surface area (Å²) in [4.78, 5) is 13.0. The molecule has 0 aliphatic rings. The van der Waals surface area contributed by atoms with E-state index in [4.69, 9.17) is 0 Å². The molecule has 0 amide bonds. The van der Waals surface area contributed by atoms with Crippen LogP contribution in [0.25, 0.3) is 75.4 Å². The van der Waals surface area contributed by atoms with E-state index in [9.17, 15) is 0 Å².